The predicted octanol–water partition coefficient (Wildman–Crippen LogP) is 5.15. The van der Waals surface area contributed by atoms with Gasteiger partial charge in [-0.15, -0.1) is 0 Å². The lowest BCUT2D eigenvalue weighted by atomic mass is 10.2. The second kappa shape index (κ2) is 7.50. The number of benzene rings is 3. The highest BCUT2D eigenvalue weighted by atomic mass is 16.5. The Hall–Kier alpha value is -2.74. The minimum absolute atomic E-state index is 0.558. The van der Waals surface area contributed by atoms with Gasteiger partial charge in [-0.3, -0.25) is 0 Å². The second-order valence-corrected chi connectivity index (χ2v) is 5.48. The van der Waals surface area contributed by atoms with Crippen LogP contribution in [-0.2, 0) is 13.2 Å². The van der Waals surface area contributed by atoms with Crippen molar-refractivity contribution < 1.29 is 9.47 Å². The molecule has 3 aromatic carbocycles. The van der Waals surface area contributed by atoms with E-state index in [1.165, 1.54) is 0 Å². The van der Waals surface area contributed by atoms with Crippen LogP contribution in [0.1, 0.15) is 16.7 Å². The SMILES string of the molecule is Cc1ccc(OCc2ccccc2)cc1OCc1ccccc1. The van der Waals surface area contributed by atoms with Gasteiger partial charge in [-0.2, -0.15) is 0 Å². The minimum Gasteiger partial charge on any atom is -0.489 e. The largest absolute Gasteiger partial charge is 0.489 e. The average molecular weight is 304 g/mol. The lowest BCUT2D eigenvalue weighted by molar-refractivity contribution is 0.288. The molecular weight excluding hydrogens is 284 g/mol. The van der Waals surface area contributed by atoms with Gasteiger partial charge in [0.2, 0.25) is 0 Å². The summed E-state index contributed by atoms with van der Waals surface area (Å²) in [4.78, 5) is 0. The molecule has 0 unspecified atom stereocenters. The van der Waals surface area contributed by atoms with Crippen LogP contribution in [0.3, 0.4) is 0 Å². The molecule has 0 saturated heterocycles. The maximum Gasteiger partial charge on any atom is 0.126 e. The molecule has 2 nitrogen and oxygen atoms in total. The highest BCUT2D eigenvalue weighted by molar-refractivity contribution is 5.40. The number of aryl methyl sites for hydroxylation is 1. The van der Waals surface area contributed by atoms with E-state index in [4.69, 9.17) is 9.47 Å². The first-order valence-corrected chi connectivity index (χ1v) is 7.75. The first-order valence-electron chi connectivity index (χ1n) is 7.75. The smallest absolute Gasteiger partial charge is 0.126 e. The van der Waals surface area contributed by atoms with E-state index in [0.717, 1.165) is 28.2 Å². The Labute approximate surface area is 137 Å². The Morgan fingerprint density at radius 2 is 1.22 bits per heavy atom. The van der Waals surface area contributed by atoms with Crippen molar-refractivity contribution in [2.75, 3.05) is 0 Å². The lowest BCUT2D eigenvalue weighted by Gasteiger charge is -2.12. The van der Waals surface area contributed by atoms with Crippen molar-refractivity contribution in [1.82, 2.24) is 0 Å². The van der Waals surface area contributed by atoms with Gasteiger partial charge >= 0.3 is 0 Å². The molecule has 0 aliphatic carbocycles. The third-order valence-electron chi connectivity index (χ3n) is 3.65. The molecule has 2 heteroatoms. The zero-order chi connectivity index (χ0) is 15.9. The standard InChI is InChI=1S/C21H20O2/c1-17-12-13-20(22-15-18-8-4-2-5-9-18)14-21(17)23-16-19-10-6-3-7-11-19/h2-14H,15-16H2,1H3. The van der Waals surface area contributed by atoms with Crippen LogP contribution < -0.4 is 9.47 Å². The Kier molecular flexibility index (Phi) is 4.95. The second-order valence-electron chi connectivity index (χ2n) is 5.48. The van der Waals surface area contributed by atoms with Crippen LogP contribution >= 0.6 is 0 Å². The van der Waals surface area contributed by atoms with Gasteiger partial charge in [0.15, 0.2) is 0 Å². The van der Waals surface area contributed by atoms with Gasteiger partial charge in [-0.1, -0.05) is 66.7 Å². The summed E-state index contributed by atoms with van der Waals surface area (Å²) in [5, 5.41) is 0. The molecular formula is C21H20O2. The molecule has 23 heavy (non-hydrogen) atoms. The molecule has 0 aliphatic rings. The van der Waals surface area contributed by atoms with E-state index in [1.807, 2.05) is 61.5 Å². The Bertz CT molecular complexity index is 736. The van der Waals surface area contributed by atoms with E-state index in [-0.39, 0.29) is 0 Å². The molecule has 0 amide bonds. The molecule has 0 atom stereocenters. The molecule has 0 radical (unpaired) electrons. The fourth-order valence-electron chi connectivity index (χ4n) is 2.30. The zero-order valence-corrected chi connectivity index (χ0v) is 13.2. The van der Waals surface area contributed by atoms with Crippen LogP contribution in [0.15, 0.2) is 78.9 Å². The van der Waals surface area contributed by atoms with E-state index in [1.54, 1.807) is 0 Å². The molecule has 116 valence electrons. The van der Waals surface area contributed by atoms with Gasteiger partial charge in [0.1, 0.15) is 24.7 Å². The molecule has 0 aromatic heterocycles. The molecule has 0 heterocycles. The number of rotatable bonds is 6. The highest BCUT2D eigenvalue weighted by Gasteiger charge is 2.04. The Balaban J connectivity index is 1.64. The fraction of sp³-hybridized carbons (Fsp3) is 0.143. The van der Waals surface area contributed by atoms with E-state index in [2.05, 4.69) is 24.3 Å². The third-order valence-corrected chi connectivity index (χ3v) is 3.65. The van der Waals surface area contributed by atoms with Gasteiger partial charge in [0.05, 0.1) is 0 Å². The summed E-state index contributed by atoms with van der Waals surface area (Å²) < 4.78 is 11.8. The molecule has 0 bridgehead atoms. The summed E-state index contributed by atoms with van der Waals surface area (Å²) in [6.07, 6.45) is 0. The first-order chi connectivity index (χ1) is 11.3. The summed E-state index contributed by atoms with van der Waals surface area (Å²) in [6, 6.07) is 26.3. The quantitative estimate of drug-likeness (QED) is 0.627. The topological polar surface area (TPSA) is 18.5 Å². The molecule has 0 spiro atoms. The molecule has 3 rings (SSSR count). The van der Waals surface area contributed by atoms with Gasteiger partial charge in [-0.25, -0.2) is 0 Å². The summed E-state index contributed by atoms with van der Waals surface area (Å²) in [6.45, 7) is 3.16. The van der Waals surface area contributed by atoms with E-state index in [9.17, 15) is 0 Å². The zero-order valence-electron chi connectivity index (χ0n) is 13.2. The Morgan fingerprint density at radius 1 is 0.652 bits per heavy atom. The minimum atomic E-state index is 0.558. The first kappa shape index (κ1) is 15.2. The normalized spacial score (nSPS) is 10.3. The average Bonchev–Trinajstić information content (AvgIpc) is 2.62. The van der Waals surface area contributed by atoms with Crippen molar-refractivity contribution in [3.05, 3.63) is 95.6 Å². The molecule has 0 aliphatic heterocycles. The van der Waals surface area contributed by atoms with E-state index in [0.29, 0.717) is 13.2 Å². The van der Waals surface area contributed by atoms with Crippen molar-refractivity contribution in [3.8, 4) is 11.5 Å². The summed E-state index contributed by atoms with van der Waals surface area (Å²) in [5.74, 6) is 1.68. The van der Waals surface area contributed by atoms with Crippen LogP contribution in [0.5, 0.6) is 11.5 Å². The number of ether oxygens (including phenoxy) is 2. The van der Waals surface area contributed by atoms with Crippen molar-refractivity contribution in [2.24, 2.45) is 0 Å². The predicted molar refractivity (Wildman–Crippen MR) is 92.7 cm³/mol. The van der Waals surface area contributed by atoms with E-state index >= 15 is 0 Å². The summed E-state index contributed by atoms with van der Waals surface area (Å²) in [5.41, 5.74) is 3.41. The van der Waals surface area contributed by atoms with Gasteiger partial charge in [0, 0.05) is 6.07 Å². The van der Waals surface area contributed by atoms with Gasteiger partial charge in [-0.05, 0) is 29.7 Å². The van der Waals surface area contributed by atoms with Crippen LogP contribution in [0.25, 0.3) is 0 Å². The molecule has 0 saturated carbocycles. The lowest BCUT2D eigenvalue weighted by Crippen LogP contribution is -1.99. The van der Waals surface area contributed by atoms with E-state index < -0.39 is 0 Å². The van der Waals surface area contributed by atoms with Crippen LogP contribution in [-0.4, -0.2) is 0 Å². The van der Waals surface area contributed by atoms with Crippen molar-refractivity contribution in [1.29, 1.82) is 0 Å². The van der Waals surface area contributed by atoms with Crippen LogP contribution in [0.4, 0.5) is 0 Å². The molecule has 0 fully saturated rings. The van der Waals surface area contributed by atoms with Crippen LogP contribution in [0.2, 0.25) is 0 Å². The Morgan fingerprint density at radius 3 is 1.83 bits per heavy atom. The fourth-order valence-corrected chi connectivity index (χ4v) is 2.30. The highest BCUT2D eigenvalue weighted by Crippen LogP contribution is 2.25. The van der Waals surface area contributed by atoms with Crippen molar-refractivity contribution >= 4 is 0 Å². The summed E-state index contributed by atoms with van der Waals surface area (Å²) >= 11 is 0. The number of hydrogen-bond acceptors (Lipinski definition) is 2. The van der Waals surface area contributed by atoms with Crippen molar-refractivity contribution in [3.63, 3.8) is 0 Å². The van der Waals surface area contributed by atoms with Gasteiger partial charge < -0.3 is 9.47 Å². The maximum absolute atomic E-state index is 5.94. The molecule has 3 aromatic rings. The van der Waals surface area contributed by atoms with Crippen molar-refractivity contribution in [2.45, 2.75) is 20.1 Å². The third kappa shape index (κ3) is 4.36. The summed E-state index contributed by atoms with van der Waals surface area (Å²) in [7, 11) is 0. The maximum atomic E-state index is 5.94. The molecule has 0 N–H and O–H groups in total. The van der Waals surface area contributed by atoms with Crippen LogP contribution in [0, 0.1) is 6.92 Å². The number of hydrogen-bond donors (Lipinski definition) is 0. The van der Waals surface area contributed by atoms with Gasteiger partial charge in [0.25, 0.3) is 0 Å². The monoisotopic (exact) mass is 304 g/mol.